The van der Waals surface area contributed by atoms with Gasteiger partial charge in [0.15, 0.2) is 0 Å². The van der Waals surface area contributed by atoms with Crippen molar-refractivity contribution in [3.8, 4) is 5.75 Å². The predicted octanol–water partition coefficient (Wildman–Crippen LogP) is 1.90. The van der Waals surface area contributed by atoms with Crippen molar-refractivity contribution in [3.05, 3.63) is 29.8 Å². The van der Waals surface area contributed by atoms with Crippen LogP contribution in [0.1, 0.15) is 18.4 Å². The van der Waals surface area contributed by atoms with E-state index >= 15 is 0 Å². The molecule has 0 bridgehead atoms. The molecule has 0 amide bonds. The van der Waals surface area contributed by atoms with E-state index in [1.54, 1.807) is 0 Å². The number of hydrogen-bond donors (Lipinski definition) is 1. The normalized spacial score (nSPS) is 16.6. The molecular formula is C16H26N2O2. The third-order valence-electron chi connectivity index (χ3n) is 3.81. The molecule has 0 spiro atoms. The van der Waals surface area contributed by atoms with Gasteiger partial charge >= 0.3 is 0 Å². The highest BCUT2D eigenvalue weighted by molar-refractivity contribution is 5.28. The fraction of sp³-hybridized carbons (Fsp3) is 0.625. The molecule has 0 saturated carbocycles. The van der Waals surface area contributed by atoms with E-state index in [-0.39, 0.29) is 0 Å². The van der Waals surface area contributed by atoms with Crippen LogP contribution in [0.4, 0.5) is 0 Å². The third kappa shape index (κ3) is 4.78. The second-order valence-electron chi connectivity index (χ2n) is 5.35. The average Bonchev–Trinajstić information content (AvgIpc) is 2.49. The fourth-order valence-corrected chi connectivity index (χ4v) is 2.57. The van der Waals surface area contributed by atoms with Crippen LogP contribution in [0.2, 0.25) is 0 Å². The SMILES string of the molecule is CNCc1cccc(OCCN(C)C2CCOCC2)c1. The molecule has 0 aliphatic carbocycles. The van der Waals surface area contributed by atoms with Crippen LogP contribution in [-0.4, -0.2) is 51.4 Å². The molecule has 20 heavy (non-hydrogen) atoms. The van der Waals surface area contributed by atoms with Gasteiger partial charge in [-0.05, 0) is 44.6 Å². The van der Waals surface area contributed by atoms with E-state index in [0.29, 0.717) is 6.04 Å². The molecule has 4 nitrogen and oxygen atoms in total. The number of nitrogens with one attached hydrogen (secondary N) is 1. The van der Waals surface area contributed by atoms with E-state index in [4.69, 9.17) is 9.47 Å². The quantitative estimate of drug-likeness (QED) is 0.826. The first-order valence-corrected chi connectivity index (χ1v) is 7.44. The molecule has 1 N–H and O–H groups in total. The standard InChI is InChI=1S/C16H26N2O2/c1-17-13-14-4-3-5-16(12-14)20-11-8-18(2)15-6-9-19-10-7-15/h3-5,12,15,17H,6-11,13H2,1-2H3. The highest BCUT2D eigenvalue weighted by Gasteiger charge is 2.17. The second kappa shape index (κ2) is 8.25. The summed E-state index contributed by atoms with van der Waals surface area (Å²) in [6.07, 6.45) is 2.27. The van der Waals surface area contributed by atoms with Gasteiger partial charge in [-0.2, -0.15) is 0 Å². The predicted molar refractivity (Wildman–Crippen MR) is 81.2 cm³/mol. The maximum atomic E-state index is 5.85. The molecule has 0 aromatic heterocycles. The molecular weight excluding hydrogens is 252 g/mol. The summed E-state index contributed by atoms with van der Waals surface area (Å²) in [5.74, 6) is 0.957. The highest BCUT2D eigenvalue weighted by Crippen LogP contribution is 2.15. The van der Waals surface area contributed by atoms with Gasteiger partial charge in [0.1, 0.15) is 12.4 Å². The van der Waals surface area contributed by atoms with Gasteiger partial charge in [-0.3, -0.25) is 4.90 Å². The van der Waals surface area contributed by atoms with Gasteiger partial charge < -0.3 is 14.8 Å². The van der Waals surface area contributed by atoms with Crippen LogP contribution in [-0.2, 0) is 11.3 Å². The van der Waals surface area contributed by atoms with Crippen LogP contribution in [0.3, 0.4) is 0 Å². The first kappa shape index (κ1) is 15.3. The van der Waals surface area contributed by atoms with Crippen molar-refractivity contribution in [1.82, 2.24) is 10.2 Å². The molecule has 0 atom stereocenters. The van der Waals surface area contributed by atoms with Gasteiger partial charge in [0.25, 0.3) is 0 Å². The second-order valence-corrected chi connectivity index (χ2v) is 5.35. The number of hydrogen-bond acceptors (Lipinski definition) is 4. The minimum absolute atomic E-state index is 0.642. The molecule has 4 heteroatoms. The molecule has 0 unspecified atom stereocenters. The van der Waals surface area contributed by atoms with Crippen LogP contribution in [0.25, 0.3) is 0 Å². The summed E-state index contributed by atoms with van der Waals surface area (Å²) in [6.45, 7) is 4.35. The monoisotopic (exact) mass is 278 g/mol. The zero-order valence-corrected chi connectivity index (χ0v) is 12.6. The summed E-state index contributed by atoms with van der Waals surface area (Å²) in [5.41, 5.74) is 1.25. The summed E-state index contributed by atoms with van der Waals surface area (Å²) in [4.78, 5) is 2.39. The number of benzene rings is 1. The van der Waals surface area contributed by atoms with Gasteiger partial charge in [0.2, 0.25) is 0 Å². The van der Waals surface area contributed by atoms with Gasteiger partial charge in [-0.1, -0.05) is 12.1 Å². The van der Waals surface area contributed by atoms with Crippen LogP contribution in [0.5, 0.6) is 5.75 Å². The molecule has 1 fully saturated rings. The van der Waals surface area contributed by atoms with Crippen LogP contribution < -0.4 is 10.1 Å². The van der Waals surface area contributed by atoms with E-state index in [9.17, 15) is 0 Å². The maximum Gasteiger partial charge on any atom is 0.119 e. The Balaban J connectivity index is 1.73. The lowest BCUT2D eigenvalue weighted by atomic mass is 10.1. The number of ether oxygens (including phenoxy) is 2. The lowest BCUT2D eigenvalue weighted by Gasteiger charge is -2.31. The Morgan fingerprint density at radius 2 is 2.15 bits per heavy atom. The van der Waals surface area contributed by atoms with Crippen LogP contribution in [0, 0.1) is 0 Å². The highest BCUT2D eigenvalue weighted by atomic mass is 16.5. The maximum absolute atomic E-state index is 5.85. The van der Waals surface area contributed by atoms with E-state index < -0.39 is 0 Å². The van der Waals surface area contributed by atoms with Crippen LogP contribution in [0.15, 0.2) is 24.3 Å². The lowest BCUT2D eigenvalue weighted by Crippen LogP contribution is -2.38. The summed E-state index contributed by atoms with van der Waals surface area (Å²) < 4.78 is 11.2. The van der Waals surface area contributed by atoms with Gasteiger partial charge in [-0.25, -0.2) is 0 Å². The Morgan fingerprint density at radius 1 is 1.35 bits per heavy atom. The number of rotatable bonds is 7. The summed E-state index contributed by atoms with van der Waals surface area (Å²) >= 11 is 0. The van der Waals surface area contributed by atoms with E-state index in [1.807, 2.05) is 19.2 Å². The van der Waals surface area contributed by atoms with E-state index in [1.165, 1.54) is 5.56 Å². The minimum Gasteiger partial charge on any atom is -0.492 e. The summed E-state index contributed by atoms with van der Waals surface area (Å²) in [5, 5.41) is 3.15. The molecule has 1 aliphatic heterocycles. The summed E-state index contributed by atoms with van der Waals surface area (Å²) in [6, 6.07) is 8.92. The topological polar surface area (TPSA) is 33.7 Å². The summed E-state index contributed by atoms with van der Waals surface area (Å²) in [7, 11) is 4.13. The number of likely N-dealkylation sites (N-methyl/N-ethyl adjacent to an activating group) is 1. The van der Waals surface area contributed by atoms with E-state index in [2.05, 4.69) is 29.4 Å². The van der Waals surface area contributed by atoms with Gasteiger partial charge in [0.05, 0.1) is 0 Å². The Bertz CT molecular complexity index is 392. The fourth-order valence-electron chi connectivity index (χ4n) is 2.57. The largest absolute Gasteiger partial charge is 0.492 e. The first-order chi connectivity index (χ1) is 9.79. The lowest BCUT2D eigenvalue weighted by molar-refractivity contribution is 0.0392. The molecule has 0 radical (unpaired) electrons. The van der Waals surface area contributed by atoms with Crippen molar-refractivity contribution in [2.75, 3.05) is 40.5 Å². The van der Waals surface area contributed by atoms with Crippen molar-refractivity contribution in [2.45, 2.75) is 25.4 Å². The van der Waals surface area contributed by atoms with Crippen molar-refractivity contribution in [3.63, 3.8) is 0 Å². The van der Waals surface area contributed by atoms with Crippen molar-refractivity contribution in [2.24, 2.45) is 0 Å². The van der Waals surface area contributed by atoms with Crippen molar-refractivity contribution in [1.29, 1.82) is 0 Å². The zero-order chi connectivity index (χ0) is 14.2. The Morgan fingerprint density at radius 3 is 2.90 bits per heavy atom. The molecule has 1 aromatic rings. The van der Waals surface area contributed by atoms with Crippen molar-refractivity contribution >= 4 is 0 Å². The molecule has 1 aromatic carbocycles. The zero-order valence-electron chi connectivity index (χ0n) is 12.6. The van der Waals surface area contributed by atoms with Crippen molar-refractivity contribution < 1.29 is 9.47 Å². The molecule has 1 aliphatic rings. The molecule has 1 saturated heterocycles. The smallest absolute Gasteiger partial charge is 0.119 e. The third-order valence-corrected chi connectivity index (χ3v) is 3.81. The van der Waals surface area contributed by atoms with Gasteiger partial charge in [0, 0.05) is 32.3 Å². The minimum atomic E-state index is 0.642. The number of nitrogens with zero attached hydrogens (tertiary/aromatic N) is 1. The van der Waals surface area contributed by atoms with E-state index in [0.717, 1.165) is 51.5 Å². The Kier molecular flexibility index (Phi) is 6.30. The molecule has 112 valence electrons. The first-order valence-electron chi connectivity index (χ1n) is 7.44. The van der Waals surface area contributed by atoms with Gasteiger partial charge in [-0.15, -0.1) is 0 Å². The Labute approximate surface area is 122 Å². The average molecular weight is 278 g/mol. The Hall–Kier alpha value is -1.10. The molecule has 2 rings (SSSR count). The molecule has 1 heterocycles. The van der Waals surface area contributed by atoms with Crippen LogP contribution >= 0.6 is 0 Å².